The van der Waals surface area contributed by atoms with Gasteiger partial charge in [0.25, 0.3) is 10.0 Å². The Hall–Kier alpha value is -4.70. The number of halogens is 1. The number of amides is 2. The lowest BCUT2D eigenvalue weighted by Gasteiger charge is -2.35. The van der Waals surface area contributed by atoms with Crippen molar-refractivity contribution in [2.75, 3.05) is 17.5 Å². The van der Waals surface area contributed by atoms with E-state index in [1.807, 2.05) is 89.2 Å². The van der Waals surface area contributed by atoms with Crippen LogP contribution in [0.1, 0.15) is 44.4 Å². The molecule has 0 unspecified atom stereocenters. The van der Waals surface area contributed by atoms with Gasteiger partial charge >= 0.3 is 0 Å². The van der Waals surface area contributed by atoms with Gasteiger partial charge in [-0.1, -0.05) is 60.2 Å². The molecule has 0 aliphatic heterocycles. The molecule has 10 heteroatoms. The van der Waals surface area contributed by atoms with Gasteiger partial charge < -0.3 is 15.0 Å². The van der Waals surface area contributed by atoms with Crippen molar-refractivity contribution >= 4 is 27.5 Å². The van der Waals surface area contributed by atoms with Crippen LogP contribution in [0.25, 0.3) is 0 Å². The Morgan fingerprint density at radius 1 is 0.851 bits per heavy atom. The molecule has 2 amide bonds. The molecule has 0 bridgehead atoms. The number of aryl methyl sites for hydroxylation is 1. The Bertz CT molecular complexity index is 1740. The fourth-order valence-corrected chi connectivity index (χ4v) is 6.45. The smallest absolute Gasteiger partial charge is 0.264 e. The van der Waals surface area contributed by atoms with E-state index >= 15 is 0 Å². The first-order chi connectivity index (χ1) is 22.3. The quantitative estimate of drug-likeness (QED) is 0.182. The fourth-order valence-electron chi connectivity index (χ4n) is 5.03. The standard InChI is InChI=1S/C37H42FN3O5S/c1-6-46-32-20-18-31(19-21-32)41(47(44,45)33-22-16-30(38)17-23-33)26-35(42)40(25-29-14-12-27(2)13-15-29)34(36(43)39-37(3,4)5)24-28-10-8-7-9-11-28/h7-23,34H,6,24-26H2,1-5H3,(H,39,43)/t34-/m0/s1. The van der Waals surface area contributed by atoms with Gasteiger partial charge in [0.1, 0.15) is 24.2 Å². The van der Waals surface area contributed by atoms with E-state index in [9.17, 15) is 22.4 Å². The van der Waals surface area contributed by atoms with E-state index in [2.05, 4.69) is 5.32 Å². The van der Waals surface area contributed by atoms with Gasteiger partial charge in [0, 0.05) is 18.5 Å². The largest absolute Gasteiger partial charge is 0.494 e. The summed E-state index contributed by atoms with van der Waals surface area (Å²) in [4.78, 5) is 29.8. The van der Waals surface area contributed by atoms with Crippen molar-refractivity contribution in [3.05, 3.63) is 126 Å². The number of ether oxygens (including phenoxy) is 1. The molecule has 0 fully saturated rings. The minimum atomic E-state index is -4.36. The maximum atomic E-state index is 14.6. The third-order valence-electron chi connectivity index (χ3n) is 7.36. The SMILES string of the molecule is CCOc1ccc(N(CC(=O)N(Cc2ccc(C)cc2)[C@@H](Cc2ccccc2)C(=O)NC(C)(C)C)S(=O)(=O)c2ccc(F)cc2)cc1. The van der Waals surface area contributed by atoms with Gasteiger partial charge in [-0.15, -0.1) is 0 Å². The Balaban J connectivity index is 1.81. The normalized spacial score (nSPS) is 12.2. The number of carbonyl (C=O) groups is 2. The summed E-state index contributed by atoms with van der Waals surface area (Å²) in [5, 5.41) is 3.02. The number of benzene rings is 4. The first-order valence-corrected chi connectivity index (χ1v) is 16.9. The van der Waals surface area contributed by atoms with Crippen LogP contribution in [-0.4, -0.2) is 49.9 Å². The molecule has 0 saturated carbocycles. The van der Waals surface area contributed by atoms with E-state index in [0.29, 0.717) is 12.4 Å². The monoisotopic (exact) mass is 659 g/mol. The lowest BCUT2D eigenvalue weighted by molar-refractivity contribution is -0.140. The van der Waals surface area contributed by atoms with Crippen molar-refractivity contribution in [3.63, 3.8) is 0 Å². The van der Waals surface area contributed by atoms with E-state index in [1.165, 1.54) is 4.90 Å². The first-order valence-electron chi connectivity index (χ1n) is 15.5. The van der Waals surface area contributed by atoms with Crippen LogP contribution in [0.4, 0.5) is 10.1 Å². The molecule has 0 radical (unpaired) electrons. The molecule has 0 heterocycles. The fraction of sp³-hybridized carbons (Fsp3) is 0.297. The molecule has 4 aromatic carbocycles. The van der Waals surface area contributed by atoms with Gasteiger partial charge in [-0.05, 0) is 94.3 Å². The number of nitrogens with one attached hydrogen (secondary N) is 1. The Morgan fingerprint density at radius 3 is 2.04 bits per heavy atom. The molecule has 0 aromatic heterocycles. The van der Waals surface area contributed by atoms with Crippen LogP contribution in [0, 0.1) is 12.7 Å². The summed E-state index contributed by atoms with van der Waals surface area (Å²) in [6.45, 7) is 9.23. The van der Waals surface area contributed by atoms with Crippen molar-refractivity contribution in [1.82, 2.24) is 10.2 Å². The van der Waals surface area contributed by atoms with Crippen molar-refractivity contribution < 1.29 is 27.1 Å². The van der Waals surface area contributed by atoms with Gasteiger partial charge in [-0.25, -0.2) is 12.8 Å². The average molecular weight is 660 g/mol. The number of carbonyl (C=O) groups excluding carboxylic acids is 2. The van der Waals surface area contributed by atoms with Crippen molar-refractivity contribution in [3.8, 4) is 5.75 Å². The summed E-state index contributed by atoms with van der Waals surface area (Å²) in [5.74, 6) is -1.01. The summed E-state index contributed by atoms with van der Waals surface area (Å²) < 4.78 is 48.6. The molecular weight excluding hydrogens is 617 g/mol. The maximum absolute atomic E-state index is 14.6. The molecule has 1 N–H and O–H groups in total. The van der Waals surface area contributed by atoms with Crippen LogP contribution < -0.4 is 14.4 Å². The lowest BCUT2D eigenvalue weighted by Crippen LogP contribution is -2.56. The highest BCUT2D eigenvalue weighted by Crippen LogP contribution is 2.27. The van der Waals surface area contributed by atoms with Crippen LogP contribution in [-0.2, 0) is 32.6 Å². The predicted molar refractivity (Wildman–Crippen MR) is 182 cm³/mol. The highest BCUT2D eigenvalue weighted by Gasteiger charge is 2.35. The van der Waals surface area contributed by atoms with Gasteiger partial charge in [-0.2, -0.15) is 0 Å². The lowest BCUT2D eigenvalue weighted by atomic mass is 10.0. The Kier molecular flexibility index (Phi) is 11.4. The van der Waals surface area contributed by atoms with Crippen molar-refractivity contribution in [2.24, 2.45) is 0 Å². The Morgan fingerprint density at radius 2 is 1.47 bits per heavy atom. The summed E-state index contributed by atoms with van der Waals surface area (Å²) in [6, 6.07) is 26.8. The van der Waals surface area contributed by atoms with Crippen molar-refractivity contribution in [1.29, 1.82) is 0 Å². The third-order valence-corrected chi connectivity index (χ3v) is 9.15. The number of sulfonamides is 1. The zero-order valence-corrected chi connectivity index (χ0v) is 28.3. The molecule has 47 heavy (non-hydrogen) atoms. The molecule has 0 spiro atoms. The predicted octanol–water partition coefficient (Wildman–Crippen LogP) is 6.28. The van der Waals surface area contributed by atoms with E-state index in [4.69, 9.17) is 4.74 Å². The topological polar surface area (TPSA) is 96.0 Å². The van der Waals surface area contributed by atoms with E-state index in [1.54, 1.807) is 24.3 Å². The number of hydrogen-bond donors (Lipinski definition) is 1. The molecule has 0 aliphatic rings. The minimum Gasteiger partial charge on any atom is -0.494 e. The van der Waals surface area contributed by atoms with Crippen LogP contribution in [0.2, 0.25) is 0 Å². The molecule has 248 valence electrons. The van der Waals surface area contributed by atoms with Crippen LogP contribution in [0.5, 0.6) is 5.75 Å². The first kappa shape index (κ1) is 35.2. The second kappa shape index (κ2) is 15.3. The zero-order valence-electron chi connectivity index (χ0n) is 27.4. The van der Waals surface area contributed by atoms with Crippen LogP contribution >= 0.6 is 0 Å². The van der Waals surface area contributed by atoms with Gasteiger partial charge in [0.2, 0.25) is 11.8 Å². The van der Waals surface area contributed by atoms with Crippen LogP contribution in [0.15, 0.2) is 108 Å². The highest BCUT2D eigenvalue weighted by atomic mass is 32.2. The number of anilines is 1. The van der Waals surface area contributed by atoms with Gasteiger partial charge in [-0.3, -0.25) is 13.9 Å². The summed E-state index contributed by atoms with van der Waals surface area (Å²) in [6.07, 6.45) is 0.203. The molecule has 4 aromatic rings. The second-order valence-corrected chi connectivity index (χ2v) is 14.2. The van der Waals surface area contributed by atoms with E-state index < -0.39 is 39.9 Å². The Labute approximate surface area is 277 Å². The summed E-state index contributed by atoms with van der Waals surface area (Å²) in [5.41, 5.74) is 2.26. The van der Waals surface area contributed by atoms with Gasteiger partial charge in [0.05, 0.1) is 17.2 Å². The number of hydrogen-bond acceptors (Lipinski definition) is 5. The third kappa shape index (κ3) is 9.65. The summed E-state index contributed by atoms with van der Waals surface area (Å²) in [7, 11) is -4.36. The molecular formula is C37H42FN3O5S. The molecule has 8 nitrogen and oxygen atoms in total. The maximum Gasteiger partial charge on any atom is 0.264 e. The number of rotatable bonds is 13. The van der Waals surface area contributed by atoms with Gasteiger partial charge in [0.15, 0.2) is 0 Å². The highest BCUT2D eigenvalue weighted by molar-refractivity contribution is 7.92. The second-order valence-electron chi connectivity index (χ2n) is 12.3. The average Bonchev–Trinajstić information content (AvgIpc) is 3.03. The van der Waals surface area contributed by atoms with Crippen molar-refractivity contribution in [2.45, 2.75) is 64.1 Å². The molecule has 4 rings (SSSR count). The van der Waals surface area contributed by atoms with E-state index in [-0.39, 0.29) is 29.5 Å². The van der Waals surface area contributed by atoms with Crippen LogP contribution in [0.3, 0.4) is 0 Å². The minimum absolute atomic E-state index is 0.0574. The van der Waals surface area contributed by atoms with E-state index in [0.717, 1.165) is 45.3 Å². The molecule has 1 atom stereocenters. The summed E-state index contributed by atoms with van der Waals surface area (Å²) >= 11 is 0. The number of nitrogens with zero attached hydrogens (tertiary/aromatic N) is 2. The zero-order chi connectivity index (χ0) is 34.2. The molecule has 0 aliphatic carbocycles. The molecule has 0 saturated heterocycles.